The maximum Gasteiger partial charge on any atom is 0.326 e. The number of carboxylic acid groups (broad SMARTS) is 1. The first-order valence-electron chi connectivity index (χ1n) is 5.32. The van der Waals surface area contributed by atoms with Gasteiger partial charge in [-0.05, 0) is 30.6 Å². The molecule has 0 saturated heterocycles. The average Bonchev–Trinajstić information content (AvgIpc) is 2.35. The number of carbonyl (C=O) groups is 2. The molecule has 0 spiro atoms. The van der Waals surface area contributed by atoms with Crippen molar-refractivity contribution in [1.82, 2.24) is 10.3 Å². The zero-order valence-corrected chi connectivity index (χ0v) is 10.7. The van der Waals surface area contributed by atoms with Gasteiger partial charge in [0, 0.05) is 18.1 Å². The Morgan fingerprint density at radius 2 is 2.11 bits per heavy atom. The second-order valence-electron chi connectivity index (χ2n) is 3.51. The summed E-state index contributed by atoms with van der Waals surface area (Å²) in [5.74, 6) is -0.360. The molecular formula is C11H15N3O3S. The summed E-state index contributed by atoms with van der Waals surface area (Å²) in [6.07, 6.45) is 5.35. The first-order valence-corrected chi connectivity index (χ1v) is 6.72. The van der Waals surface area contributed by atoms with Crippen LogP contribution in [0, 0.1) is 0 Å². The molecule has 6 nitrogen and oxygen atoms in total. The highest BCUT2D eigenvalue weighted by Crippen LogP contribution is 2.04. The fraction of sp³-hybridized carbons (Fsp3) is 0.364. The highest BCUT2D eigenvalue weighted by molar-refractivity contribution is 7.98. The average molecular weight is 269 g/mol. The van der Waals surface area contributed by atoms with Crippen LogP contribution in [0.15, 0.2) is 24.5 Å². The number of amides is 2. The Kier molecular flexibility index (Phi) is 5.99. The van der Waals surface area contributed by atoms with Crippen LogP contribution in [0.3, 0.4) is 0 Å². The third-order valence-corrected chi connectivity index (χ3v) is 2.80. The highest BCUT2D eigenvalue weighted by Gasteiger charge is 2.19. The number of carbonyl (C=O) groups excluding carboxylic acids is 1. The zero-order chi connectivity index (χ0) is 13.4. The van der Waals surface area contributed by atoms with Crippen molar-refractivity contribution in [2.75, 3.05) is 17.3 Å². The van der Waals surface area contributed by atoms with E-state index in [2.05, 4.69) is 15.6 Å². The van der Waals surface area contributed by atoms with Gasteiger partial charge in [-0.25, -0.2) is 9.59 Å². The van der Waals surface area contributed by atoms with Crippen LogP contribution in [0.4, 0.5) is 10.5 Å². The highest BCUT2D eigenvalue weighted by atomic mass is 32.2. The molecule has 1 heterocycles. The van der Waals surface area contributed by atoms with Gasteiger partial charge in [0.25, 0.3) is 0 Å². The van der Waals surface area contributed by atoms with Gasteiger partial charge in [0.05, 0.1) is 0 Å². The second-order valence-corrected chi connectivity index (χ2v) is 4.49. The number of carboxylic acids is 1. The number of nitrogens with one attached hydrogen (secondary N) is 2. The number of aliphatic carboxylic acids is 1. The monoisotopic (exact) mass is 269 g/mol. The molecule has 98 valence electrons. The minimum atomic E-state index is -1.03. The van der Waals surface area contributed by atoms with Crippen LogP contribution in [0.25, 0.3) is 0 Å². The minimum Gasteiger partial charge on any atom is -0.480 e. The van der Waals surface area contributed by atoms with E-state index in [1.807, 2.05) is 6.26 Å². The maximum atomic E-state index is 11.6. The zero-order valence-electron chi connectivity index (χ0n) is 9.92. The molecule has 1 aromatic rings. The van der Waals surface area contributed by atoms with E-state index >= 15 is 0 Å². The summed E-state index contributed by atoms with van der Waals surface area (Å²) in [6, 6.07) is 1.84. The Bertz CT molecular complexity index is 400. The summed E-state index contributed by atoms with van der Waals surface area (Å²) >= 11 is 1.54. The lowest BCUT2D eigenvalue weighted by molar-refractivity contribution is -0.139. The van der Waals surface area contributed by atoms with Crippen molar-refractivity contribution in [3.63, 3.8) is 0 Å². The molecule has 2 amide bonds. The number of anilines is 1. The molecular weight excluding hydrogens is 254 g/mol. The van der Waals surface area contributed by atoms with Gasteiger partial charge >= 0.3 is 12.0 Å². The van der Waals surface area contributed by atoms with Crippen LogP contribution in [-0.4, -0.2) is 40.1 Å². The van der Waals surface area contributed by atoms with Crippen LogP contribution in [-0.2, 0) is 4.79 Å². The number of rotatable bonds is 6. The minimum absolute atomic E-state index is 0.389. The molecule has 7 heteroatoms. The largest absolute Gasteiger partial charge is 0.480 e. The van der Waals surface area contributed by atoms with Crippen molar-refractivity contribution in [3.05, 3.63) is 24.5 Å². The lowest BCUT2D eigenvalue weighted by Crippen LogP contribution is -2.43. The summed E-state index contributed by atoms with van der Waals surface area (Å²) in [5.41, 5.74) is 0.566. The predicted molar refractivity (Wildman–Crippen MR) is 70.8 cm³/mol. The van der Waals surface area contributed by atoms with Crippen molar-refractivity contribution in [2.24, 2.45) is 0 Å². The number of hydrogen-bond donors (Lipinski definition) is 3. The van der Waals surface area contributed by atoms with E-state index in [-0.39, 0.29) is 0 Å². The fourth-order valence-corrected chi connectivity index (χ4v) is 1.73. The summed E-state index contributed by atoms with van der Waals surface area (Å²) in [5, 5.41) is 13.9. The van der Waals surface area contributed by atoms with Crippen LogP contribution < -0.4 is 10.6 Å². The standard InChI is InChI=1S/C11H15N3O3S/c1-18-7-4-9(10(15)16)14-11(17)13-8-2-5-12-6-3-8/h2-3,5-6,9H,4,7H2,1H3,(H,15,16)(H2,12,13,14,17). The third-order valence-electron chi connectivity index (χ3n) is 2.15. The van der Waals surface area contributed by atoms with E-state index in [1.165, 1.54) is 24.2 Å². The number of thioether (sulfide) groups is 1. The van der Waals surface area contributed by atoms with E-state index in [4.69, 9.17) is 5.11 Å². The van der Waals surface area contributed by atoms with Crippen molar-refractivity contribution >= 4 is 29.4 Å². The number of urea groups is 1. The molecule has 1 aromatic heterocycles. The molecule has 0 aromatic carbocycles. The fourth-order valence-electron chi connectivity index (χ4n) is 1.25. The number of aromatic nitrogens is 1. The normalized spacial score (nSPS) is 11.6. The summed E-state index contributed by atoms with van der Waals surface area (Å²) in [7, 11) is 0. The first kappa shape index (κ1) is 14.3. The Labute approximate surface area is 109 Å². The summed E-state index contributed by atoms with van der Waals surface area (Å²) in [6.45, 7) is 0. The molecule has 1 unspecified atom stereocenters. The topological polar surface area (TPSA) is 91.3 Å². The SMILES string of the molecule is CSCCC(NC(=O)Nc1ccncc1)C(=O)O. The molecule has 0 radical (unpaired) electrons. The Morgan fingerprint density at radius 3 is 2.67 bits per heavy atom. The quantitative estimate of drug-likeness (QED) is 0.726. The lowest BCUT2D eigenvalue weighted by Gasteiger charge is -2.14. The van der Waals surface area contributed by atoms with Crippen LogP contribution in [0.5, 0.6) is 0 Å². The van der Waals surface area contributed by atoms with Gasteiger partial charge < -0.3 is 15.7 Å². The number of nitrogens with zero attached hydrogens (tertiary/aromatic N) is 1. The Balaban J connectivity index is 2.48. The number of hydrogen-bond acceptors (Lipinski definition) is 4. The number of pyridine rings is 1. The van der Waals surface area contributed by atoms with Crippen LogP contribution in [0.1, 0.15) is 6.42 Å². The van der Waals surface area contributed by atoms with Crippen molar-refractivity contribution in [3.8, 4) is 0 Å². The van der Waals surface area contributed by atoms with Gasteiger partial charge in [0.1, 0.15) is 6.04 Å². The Hall–Kier alpha value is -1.76. The Morgan fingerprint density at radius 1 is 1.44 bits per heavy atom. The molecule has 1 atom stereocenters. The van der Waals surface area contributed by atoms with Crippen molar-refractivity contribution in [1.29, 1.82) is 0 Å². The molecule has 1 rings (SSSR count). The van der Waals surface area contributed by atoms with Gasteiger partial charge in [0.2, 0.25) is 0 Å². The maximum absolute atomic E-state index is 11.6. The van der Waals surface area contributed by atoms with Gasteiger partial charge in [-0.3, -0.25) is 4.98 Å². The van der Waals surface area contributed by atoms with E-state index in [9.17, 15) is 9.59 Å². The van der Waals surface area contributed by atoms with Crippen LogP contribution in [0.2, 0.25) is 0 Å². The van der Waals surface area contributed by atoms with Crippen molar-refractivity contribution < 1.29 is 14.7 Å². The van der Waals surface area contributed by atoms with Crippen LogP contribution >= 0.6 is 11.8 Å². The molecule has 0 bridgehead atoms. The van der Waals surface area contributed by atoms with Gasteiger partial charge in [-0.15, -0.1) is 0 Å². The van der Waals surface area contributed by atoms with Gasteiger partial charge in [-0.2, -0.15) is 11.8 Å². The predicted octanol–water partition coefficient (Wildman–Crippen LogP) is 1.41. The molecule has 0 aliphatic carbocycles. The van der Waals surface area contributed by atoms with E-state index in [1.54, 1.807) is 12.1 Å². The second kappa shape index (κ2) is 7.54. The van der Waals surface area contributed by atoms with E-state index < -0.39 is 18.0 Å². The van der Waals surface area contributed by atoms with Gasteiger partial charge in [-0.1, -0.05) is 0 Å². The van der Waals surface area contributed by atoms with E-state index in [0.29, 0.717) is 17.9 Å². The molecule has 0 fully saturated rings. The van der Waals surface area contributed by atoms with Gasteiger partial charge in [0.15, 0.2) is 0 Å². The third kappa shape index (κ3) is 5.05. The molecule has 3 N–H and O–H groups in total. The lowest BCUT2D eigenvalue weighted by atomic mass is 10.2. The molecule has 0 saturated carbocycles. The first-order chi connectivity index (χ1) is 8.63. The smallest absolute Gasteiger partial charge is 0.326 e. The molecule has 0 aliphatic heterocycles. The summed E-state index contributed by atoms with van der Waals surface area (Å²) < 4.78 is 0. The van der Waals surface area contributed by atoms with Crippen molar-refractivity contribution in [2.45, 2.75) is 12.5 Å². The molecule has 18 heavy (non-hydrogen) atoms. The summed E-state index contributed by atoms with van der Waals surface area (Å²) in [4.78, 5) is 26.3. The van der Waals surface area contributed by atoms with E-state index in [0.717, 1.165) is 0 Å². The molecule has 0 aliphatic rings.